The lowest BCUT2D eigenvalue weighted by molar-refractivity contribution is 0.411. The maximum absolute atomic E-state index is 14.1. The fourth-order valence-corrected chi connectivity index (χ4v) is 3.42. The molecule has 1 N–H and O–H groups in total. The Kier molecular flexibility index (Phi) is 3.72. The summed E-state index contributed by atoms with van der Waals surface area (Å²) in [7, 11) is 3.46. The molecule has 1 aliphatic rings. The normalized spacial score (nSPS) is 14.6. The van der Waals surface area contributed by atoms with Crippen molar-refractivity contribution in [3.8, 4) is 16.3 Å². The van der Waals surface area contributed by atoms with Crippen LogP contribution in [0.5, 0.6) is 5.75 Å². The van der Waals surface area contributed by atoms with Gasteiger partial charge < -0.3 is 10.1 Å². The number of halogens is 1. The second kappa shape index (κ2) is 5.50. The Balaban J connectivity index is 1.99. The van der Waals surface area contributed by atoms with Crippen molar-refractivity contribution in [2.45, 2.75) is 25.3 Å². The summed E-state index contributed by atoms with van der Waals surface area (Å²) in [6.45, 7) is 0.793. The third-order valence-corrected chi connectivity index (χ3v) is 4.54. The van der Waals surface area contributed by atoms with E-state index in [1.807, 2.05) is 7.05 Å². The number of rotatable bonds is 5. The van der Waals surface area contributed by atoms with Crippen molar-refractivity contribution in [2.75, 3.05) is 14.2 Å². The van der Waals surface area contributed by atoms with Gasteiger partial charge in [0.2, 0.25) is 0 Å². The largest absolute Gasteiger partial charge is 0.497 e. The monoisotopic (exact) mass is 292 g/mol. The van der Waals surface area contributed by atoms with Crippen molar-refractivity contribution in [2.24, 2.45) is 0 Å². The second-order valence-corrected chi connectivity index (χ2v) is 6.06. The number of ether oxygens (including phenoxy) is 1. The van der Waals surface area contributed by atoms with Crippen LogP contribution < -0.4 is 10.1 Å². The van der Waals surface area contributed by atoms with E-state index in [-0.39, 0.29) is 5.82 Å². The first-order valence-electron chi connectivity index (χ1n) is 6.71. The fourth-order valence-electron chi connectivity index (χ4n) is 2.24. The van der Waals surface area contributed by atoms with Gasteiger partial charge in [0.15, 0.2) is 0 Å². The second-order valence-electron chi connectivity index (χ2n) is 4.98. The van der Waals surface area contributed by atoms with Gasteiger partial charge in [-0.1, -0.05) is 0 Å². The van der Waals surface area contributed by atoms with Gasteiger partial charge >= 0.3 is 0 Å². The topological polar surface area (TPSA) is 34.1 Å². The van der Waals surface area contributed by atoms with Crippen molar-refractivity contribution >= 4 is 11.3 Å². The quantitative estimate of drug-likeness (QED) is 0.915. The molecule has 1 heterocycles. The average Bonchev–Trinajstić information content (AvgIpc) is 3.21. The van der Waals surface area contributed by atoms with Crippen molar-refractivity contribution in [1.82, 2.24) is 10.3 Å². The number of aromatic nitrogens is 1. The average molecular weight is 292 g/mol. The first kappa shape index (κ1) is 13.5. The molecule has 3 nitrogen and oxygen atoms in total. The number of hydrogen-bond donors (Lipinski definition) is 1. The Bertz CT molecular complexity index is 622. The van der Waals surface area contributed by atoms with Crippen LogP contribution >= 0.6 is 11.3 Å². The van der Waals surface area contributed by atoms with Crippen molar-refractivity contribution in [3.05, 3.63) is 34.6 Å². The minimum atomic E-state index is -0.281. The number of nitrogens with zero attached hydrogens (tertiary/aromatic N) is 1. The number of methoxy groups -OCH3 is 1. The van der Waals surface area contributed by atoms with E-state index in [0.717, 1.165) is 17.2 Å². The molecule has 1 fully saturated rings. The minimum Gasteiger partial charge on any atom is -0.497 e. The summed E-state index contributed by atoms with van der Waals surface area (Å²) in [6.07, 6.45) is 2.40. The van der Waals surface area contributed by atoms with Gasteiger partial charge in [0.1, 0.15) is 16.6 Å². The molecule has 0 saturated heterocycles. The lowest BCUT2D eigenvalue weighted by Gasteiger charge is -2.02. The number of hydrogen-bond acceptors (Lipinski definition) is 4. The van der Waals surface area contributed by atoms with Crippen LogP contribution in [-0.4, -0.2) is 19.1 Å². The molecule has 0 bridgehead atoms. The summed E-state index contributed by atoms with van der Waals surface area (Å²) in [5.41, 5.74) is 1.70. The van der Waals surface area contributed by atoms with E-state index in [2.05, 4.69) is 10.3 Å². The van der Waals surface area contributed by atoms with Crippen LogP contribution in [0, 0.1) is 5.82 Å². The van der Waals surface area contributed by atoms with Crippen LogP contribution in [0.3, 0.4) is 0 Å². The van der Waals surface area contributed by atoms with Crippen LogP contribution in [0.4, 0.5) is 4.39 Å². The van der Waals surface area contributed by atoms with E-state index in [4.69, 9.17) is 4.74 Å². The van der Waals surface area contributed by atoms with Gasteiger partial charge in [0, 0.05) is 29.0 Å². The Hall–Kier alpha value is -1.46. The Labute approximate surface area is 121 Å². The summed E-state index contributed by atoms with van der Waals surface area (Å²) >= 11 is 1.58. The highest BCUT2D eigenvalue weighted by Crippen LogP contribution is 2.44. The molecule has 20 heavy (non-hydrogen) atoms. The van der Waals surface area contributed by atoms with Gasteiger partial charge in [-0.15, -0.1) is 11.3 Å². The molecular formula is C15H17FN2OS. The van der Waals surface area contributed by atoms with Crippen LogP contribution in [0.15, 0.2) is 18.2 Å². The van der Waals surface area contributed by atoms with E-state index in [0.29, 0.717) is 17.2 Å². The maximum Gasteiger partial charge on any atom is 0.137 e. The Morgan fingerprint density at radius 2 is 2.25 bits per heavy atom. The van der Waals surface area contributed by atoms with Gasteiger partial charge in [-0.05, 0) is 32.0 Å². The molecule has 1 saturated carbocycles. The molecule has 0 aliphatic heterocycles. The van der Waals surface area contributed by atoms with E-state index >= 15 is 0 Å². The van der Waals surface area contributed by atoms with Crippen molar-refractivity contribution in [3.63, 3.8) is 0 Å². The molecule has 0 unspecified atom stereocenters. The lowest BCUT2D eigenvalue weighted by atomic mass is 10.2. The molecule has 1 aliphatic carbocycles. The summed E-state index contributed by atoms with van der Waals surface area (Å²) in [5.74, 6) is 0.821. The molecule has 106 valence electrons. The summed E-state index contributed by atoms with van der Waals surface area (Å²) < 4.78 is 19.2. The van der Waals surface area contributed by atoms with E-state index < -0.39 is 0 Å². The molecule has 2 aromatic rings. The molecule has 0 spiro atoms. The summed E-state index contributed by atoms with van der Waals surface area (Å²) in [6, 6.07) is 4.92. The zero-order valence-corrected chi connectivity index (χ0v) is 12.4. The molecule has 5 heteroatoms. The summed E-state index contributed by atoms with van der Waals surface area (Å²) in [4.78, 5) is 5.90. The predicted octanol–water partition coefficient (Wildman–Crippen LogP) is 3.55. The predicted molar refractivity (Wildman–Crippen MR) is 78.8 cm³/mol. The van der Waals surface area contributed by atoms with Gasteiger partial charge in [0.05, 0.1) is 12.8 Å². The van der Waals surface area contributed by atoms with E-state index in [9.17, 15) is 4.39 Å². The van der Waals surface area contributed by atoms with Crippen LogP contribution in [0.1, 0.15) is 29.3 Å². The van der Waals surface area contributed by atoms with Gasteiger partial charge in [0.25, 0.3) is 0 Å². The minimum absolute atomic E-state index is 0.281. The molecule has 1 aromatic carbocycles. The molecular weight excluding hydrogens is 275 g/mol. The van der Waals surface area contributed by atoms with Crippen LogP contribution in [-0.2, 0) is 6.54 Å². The first-order chi connectivity index (χ1) is 9.72. The number of benzene rings is 1. The molecule has 1 aromatic heterocycles. The Morgan fingerprint density at radius 1 is 1.45 bits per heavy atom. The van der Waals surface area contributed by atoms with Crippen LogP contribution in [0.25, 0.3) is 10.6 Å². The zero-order valence-electron chi connectivity index (χ0n) is 11.6. The highest BCUT2D eigenvalue weighted by Gasteiger charge is 2.30. The molecule has 3 rings (SSSR count). The first-order valence-corrected chi connectivity index (χ1v) is 7.52. The maximum atomic E-state index is 14.1. The van der Waals surface area contributed by atoms with E-state index in [1.54, 1.807) is 23.5 Å². The molecule has 0 amide bonds. The van der Waals surface area contributed by atoms with Gasteiger partial charge in [-0.2, -0.15) is 0 Å². The zero-order chi connectivity index (χ0) is 14.1. The Morgan fingerprint density at radius 3 is 2.85 bits per heavy atom. The van der Waals surface area contributed by atoms with Crippen LogP contribution in [0.2, 0.25) is 0 Å². The van der Waals surface area contributed by atoms with Crippen molar-refractivity contribution < 1.29 is 9.13 Å². The third-order valence-electron chi connectivity index (χ3n) is 3.44. The smallest absolute Gasteiger partial charge is 0.137 e. The standard InChI is InChI=1S/C15H17FN2OS/c1-17-8-13-14(9-3-4-9)18-15(20-13)11-6-5-10(19-2)7-12(11)16/h5-7,9,17H,3-4,8H2,1-2H3. The van der Waals surface area contributed by atoms with Gasteiger partial charge in [-0.3, -0.25) is 0 Å². The number of nitrogens with one attached hydrogen (secondary N) is 1. The molecule has 0 radical (unpaired) electrons. The highest BCUT2D eigenvalue weighted by molar-refractivity contribution is 7.15. The molecule has 0 atom stereocenters. The van der Waals surface area contributed by atoms with E-state index in [1.165, 1.54) is 30.9 Å². The highest BCUT2D eigenvalue weighted by atomic mass is 32.1. The lowest BCUT2D eigenvalue weighted by Crippen LogP contribution is -2.05. The SMILES string of the molecule is CNCc1sc(-c2ccc(OC)cc2F)nc1C1CC1. The third kappa shape index (κ3) is 2.55. The van der Waals surface area contributed by atoms with Gasteiger partial charge in [-0.25, -0.2) is 9.37 Å². The fraction of sp³-hybridized carbons (Fsp3) is 0.400. The van der Waals surface area contributed by atoms with Crippen molar-refractivity contribution in [1.29, 1.82) is 0 Å². The summed E-state index contributed by atoms with van der Waals surface area (Å²) in [5, 5.41) is 3.92. The number of thiazole rings is 1.